The lowest BCUT2D eigenvalue weighted by Crippen LogP contribution is -2.31. The highest BCUT2D eigenvalue weighted by molar-refractivity contribution is 7.89. The highest BCUT2D eigenvalue weighted by Gasteiger charge is 2.37. The summed E-state index contributed by atoms with van der Waals surface area (Å²) in [5.74, 6) is 1.36. The number of hydrogen-bond donors (Lipinski definition) is 0. The molecule has 0 saturated carbocycles. The molecule has 1 saturated heterocycles. The fraction of sp³-hybridized carbons (Fsp3) is 0.533. The quantitative estimate of drug-likeness (QED) is 0.771. The molecule has 136 valence electrons. The van der Waals surface area contributed by atoms with Crippen molar-refractivity contribution in [3.63, 3.8) is 0 Å². The van der Waals surface area contributed by atoms with E-state index in [0.29, 0.717) is 36.1 Å². The Bertz CT molecular complexity index is 845. The molecule has 0 N–H and O–H groups in total. The van der Waals surface area contributed by atoms with E-state index in [1.54, 1.807) is 20.0 Å². The molecule has 10 heteroatoms. The molecule has 0 aromatic carbocycles. The standard InChI is InChI=1S/C15H21N5O4S/c1-10-15(11(2)24-18-10)25(21,22)20-6-5-12(9-20)23-14-8-16-7-13(17-14)19(3)4/h7-8,12H,5-6,9H2,1-4H3/t12-/m1/s1. The summed E-state index contributed by atoms with van der Waals surface area (Å²) in [5, 5.41) is 3.73. The van der Waals surface area contributed by atoms with E-state index in [-0.39, 0.29) is 17.5 Å². The molecule has 25 heavy (non-hydrogen) atoms. The SMILES string of the molecule is Cc1noc(C)c1S(=O)(=O)N1CC[C@@H](Oc2cncc(N(C)C)n2)C1. The van der Waals surface area contributed by atoms with Crippen LogP contribution in [0.5, 0.6) is 5.88 Å². The van der Waals surface area contributed by atoms with E-state index in [2.05, 4.69) is 15.1 Å². The average molecular weight is 367 g/mol. The van der Waals surface area contributed by atoms with Crippen LogP contribution in [0.2, 0.25) is 0 Å². The van der Waals surface area contributed by atoms with Crippen LogP contribution in [0.1, 0.15) is 17.9 Å². The van der Waals surface area contributed by atoms with Crippen molar-refractivity contribution in [1.82, 2.24) is 19.4 Å². The van der Waals surface area contributed by atoms with E-state index >= 15 is 0 Å². The topological polar surface area (TPSA) is 102 Å². The largest absolute Gasteiger partial charge is 0.472 e. The van der Waals surface area contributed by atoms with Gasteiger partial charge < -0.3 is 14.2 Å². The van der Waals surface area contributed by atoms with Gasteiger partial charge in [0.15, 0.2) is 11.6 Å². The summed E-state index contributed by atoms with van der Waals surface area (Å²) in [6, 6.07) is 0. The van der Waals surface area contributed by atoms with Gasteiger partial charge in [-0.2, -0.15) is 9.29 Å². The Balaban J connectivity index is 1.73. The van der Waals surface area contributed by atoms with E-state index in [9.17, 15) is 8.42 Å². The van der Waals surface area contributed by atoms with Gasteiger partial charge in [0.25, 0.3) is 0 Å². The van der Waals surface area contributed by atoms with Crippen LogP contribution >= 0.6 is 0 Å². The third-order valence-corrected chi connectivity index (χ3v) is 6.13. The number of nitrogens with zero attached hydrogens (tertiary/aromatic N) is 5. The first-order valence-electron chi connectivity index (χ1n) is 7.88. The minimum absolute atomic E-state index is 0.141. The fourth-order valence-corrected chi connectivity index (χ4v) is 4.54. The van der Waals surface area contributed by atoms with Crippen LogP contribution in [-0.2, 0) is 10.0 Å². The molecule has 0 aliphatic carbocycles. The molecule has 2 aromatic rings. The van der Waals surface area contributed by atoms with Gasteiger partial charge in [-0.15, -0.1) is 0 Å². The van der Waals surface area contributed by atoms with Crippen LogP contribution in [0.3, 0.4) is 0 Å². The maximum absolute atomic E-state index is 12.8. The lowest BCUT2D eigenvalue weighted by molar-refractivity contribution is 0.206. The van der Waals surface area contributed by atoms with E-state index < -0.39 is 10.0 Å². The minimum atomic E-state index is -3.65. The molecule has 3 rings (SSSR count). The zero-order valence-electron chi connectivity index (χ0n) is 14.6. The summed E-state index contributed by atoms with van der Waals surface area (Å²) in [5.41, 5.74) is 0.367. The molecule has 1 atom stereocenters. The normalized spacial score (nSPS) is 18.5. The molecule has 2 aromatic heterocycles. The molecule has 0 bridgehead atoms. The molecule has 1 fully saturated rings. The maximum Gasteiger partial charge on any atom is 0.248 e. The van der Waals surface area contributed by atoms with Gasteiger partial charge in [0.1, 0.15) is 16.7 Å². The summed E-state index contributed by atoms with van der Waals surface area (Å²) in [6.45, 7) is 3.84. The first kappa shape index (κ1) is 17.6. The molecule has 0 spiro atoms. The van der Waals surface area contributed by atoms with E-state index in [4.69, 9.17) is 9.26 Å². The summed E-state index contributed by atoms with van der Waals surface area (Å²) in [7, 11) is 0.0741. The number of hydrogen-bond acceptors (Lipinski definition) is 8. The van der Waals surface area contributed by atoms with Crippen LogP contribution in [0.25, 0.3) is 0 Å². The van der Waals surface area contributed by atoms with Crippen molar-refractivity contribution in [3.05, 3.63) is 23.8 Å². The lowest BCUT2D eigenvalue weighted by Gasteiger charge is -2.17. The van der Waals surface area contributed by atoms with E-state index in [0.717, 1.165) is 0 Å². The van der Waals surface area contributed by atoms with Gasteiger partial charge in [-0.05, 0) is 20.3 Å². The Labute approximate surface area is 146 Å². The van der Waals surface area contributed by atoms with Crippen molar-refractivity contribution in [1.29, 1.82) is 0 Å². The van der Waals surface area contributed by atoms with Gasteiger partial charge in [0, 0.05) is 20.6 Å². The maximum atomic E-state index is 12.8. The highest BCUT2D eigenvalue weighted by atomic mass is 32.2. The van der Waals surface area contributed by atoms with E-state index in [1.807, 2.05) is 19.0 Å². The number of rotatable bonds is 5. The third-order valence-electron chi connectivity index (χ3n) is 4.02. The molecular formula is C15H21N5O4S. The number of aryl methyl sites for hydroxylation is 2. The van der Waals surface area contributed by atoms with Crippen LogP contribution in [0, 0.1) is 13.8 Å². The van der Waals surface area contributed by atoms with Crippen molar-refractivity contribution in [2.75, 3.05) is 32.1 Å². The van der Waals surface area contributed by atoms with Crippen LogP contribution < -0.4 is 9.64 Å². The molecular weight excluding hydrogens is 346 g/mol. The van der Waals surface area contributed by atoms with E-state index in [1.165, 1.54) is 10.5 Å². The Morgan fingerprint density at radius 2 is 2.08 bits per heavy atom. The predicted molar refractivity (Wildman–Crippen MR) is 90.1 cm³/mol. The molecule has 0 unspecified atom stereocenters. The zero-order chi connectivity index (χ0) is 18.2. The number of aromatic nitrogens is 3. The summed E-state index contributed by atoms with van der Waals surface area (Å²) in [4.78, 5) is 10.4. The Hall–Kier alpha value is -2.20. The smallest absolute Gasteiger partial charge is 0.248 e. The van der Waals surface area contributed by atoms with Crippen LogP contribution in [-0.4, -0.2) is 61.1 Å². The van der Waals surface area contributed by atoms with Gasteiger partial charge in [0.2, 0.25) is 15.9 Å². The Morgan fingerprint density at radius 3 is 2.72 bits per heavy atom. The highest BCUT2D eigenvalue weighted by Crippen LogP contribution is 2.27. The minimum Gasteiger partial charge on any atom is -0.472 e. The number of sulfonamides is 1. The molecule has 1 aliphatic heterocycles. The Morgan fingerprint density at radius 1 is 1.32 bits per heavy atom. The van der Waals surface area contributed by atoms with Gasteiger partial charge >= 0.3 is 0 Å². The van der Waals surface area contributed by atoms with Crippen LogP contribution in [0.15, 0.2) is 21.8 Å². The van der Waals surface area contributed by atoms with Gasteiger partial charge in [-0.25, -0.2) is 8.42 Å². The first-order chi connectivity index (χ1) is 11.8. The zero-order valence-corrected chi connectivity index (χ0v) is 15.4. The Kier molecular flexibility index (Phi) is 4.65. The second-order valence-corrected chi connectivity index (χ2v) is 8.03. The first-order valence-corrected chi connectivity index (χ1v) is 9.32. The van der Waals surface area contributed by atoms with Crippen molar-refractivity contribution >= 4 is 15.8 Å². The van der Waals surface area contributed by atoms with Gasteiger partial charge in [-0.3, -0.25) is 4.98 Å². The molecule has 9 nitrogen and oxygen atoms in total. The van der Waals surface area contributed by atoms with Crippen LogP contribution in [0.4, 0.5) is 5.82 Å². The monoisotopic (exact) mass is 367 g/mol. The fourth-order valence-electron chi connectivity index (χ4n) is 2.77. The number of anilines is 1. The molecule has 3 heterocycles. The van der Waals surface area contributed by atoms with Gasteiger partial charge in [0.05, 0.1) is 18.9 Å². The second-order valence-electron chi connectivity index (χ2n) is 6.15. The number of ether oxygens (including phenoxy) is 1. The molecule has 0 radical (unpaired) electrons. The summed E-state index contributed by atoms with van der Waals surface area (Å²) in [6.07, 6.45) is 3.46. The summed E-state index contributed by atoms with van der Waals surface area (Å²) >= 11 is 0. The molecule has 1 aliphatic rings. The second kappa shape index (κ2) is 6.60. The van der Waals surface area contributed by atoms with Crippen molar-refractivity contribution in [2.45, 2.75) is 31.3 Å². The third kappa shape index (κ3) is 3.45. The van der Waals surface area contributed by atoms with Crippen molar-refractivity contribution in [3.8, 4) is 5.88 Å². The van der Waals surface area contributed by atoms with Crippen molar-refractivity contribution in [2.24, 2.45) is 0 Å². The predicted octanol–water partition coefficient (Wildman–Crippen LogP) is 0.989. The molecule has 0 amide bonds. The van der Waals surface area contributed by atoms with Gasteiger partial charge in [-0.1, -0.05) is 5.16 Å². The van der Waals surface area contributed by atoms with Crippen molar-refractivity contribution < 1.29 is 17.7 Å². The summed E-state index contributed by atoms with van der Waals surface area (Å²) < 4.78 is 37.8. The lowest BCUT2D eigenvalue weighted by atomic mass is 10.3. The average Bonchev–Trinajstić information content (AvgIpc) is 3.15.